The van der Waals surface area contributed by atoms with Crippen molar-refractivity contribution < 1.29 is 19.1 Å². The lowest BCUT2D eigenvalue weighted by Crippen LogP contribution is -2.51. The molecule has 0 saturated carbocycles. The summed E-state index contributed by atoms with van der Waals surface area (Å²) in [6, 6.07) is 30.4. The Hall–Kier alpha value is -4.00. The zero-order valence-corrected chi connectivity index (χ0v) is 23.6. The number of methoxy groups -OCH3 is 1. The van der Waals surface area contributed by atoms with Gasteiger partial charge in [-0.1, -0.05) is 89.9 Å². The van der Waals surface area contributed by atoms with Gasteiger partial charge in [0.05, 0.1) is 7.11 Å². The molecule has 0 aliphatic heterocycles. The molecule has 4 aromatic rings. The van der Waals surface area contributed by atoms with Crippen LogP contribution in [-0.2, 0) is 29.1 Å². The molecule has 1 atom stereocenters. The van der Waals surface area contributed by atoms with E-state index in [1.165, 1.54) is 0 Å². The highest BCUT2D eigenvalue weighted by atomic mass is 35.5. The number of nitrogens with one attached hydrogen (secondary N) is 1. The van der Waals surface area contributed by atoms with Crippen LogP contribution in [0.15, 0.2) is 103 Å². The van der Waals surface area contributed by atoms with Crippen molar-refractivity contribution in [2.24, 2.45) is 0 Å². The molecule has 0 unspecified atom stereocenters. The summed E-state index contributed by atoms with van der Waals surface area (Å²) in [4.78, 5) is 29.0. The molecule has 4 rings (SSSR count). The van der Waals surface area contributed by atoms with Gasteiger partial charge in [0.25, 0.3) is 5.91 Å². The van der Waals surface area contributed by atoms with Crippen molar-refractivity contribution in [3.8, 4) is 11.5 Å². The van der Waals surface area contributed by atoms with E-state index in [0.717, 1.165) is 16.7 Å². The van der Waals surface area contributed by atoms with Gasteiger partial charge in [0.1, 0.15) is 17.5 Å². The lowest BCUT2D eigenvalue weighted by molar-refractivity contribution is -0.142. The van der Waals surface area contributed by atoms with Gasteiger partial charge in [-0.15, -0.1) is 0 Å². The zero-order chi connectivity index (χ0) is 28.3. The maximum absolute atomic E-state index is 13.8. The highest BCUT2D eigenvalue weighted by Crippen LogP contribution is 2.22. The van der Waals surface area contributed by atoms with E-state index in [4.69, 9.17) is 32.7 Å². The first-order valence-electron chi connectivity index (χ1n) is 12.8. The second-order valence-electron chi connectivity index (χ2n) is 9.13. The maximum atomic E-state index is 13.8. The highest BCUT2D eigenvalue weighted by Gasteiger charge is 2.30. The van der Waals surface area contributed by atoms with Crippen molar-refractivity contribution in [1.29, 1.82) is 0 Å². The third kappa shape index (κ3) is 8.25. The number of para-hydroxylation sites is 1. The Balaban J connectivity index is 1.62. The minimum atomic E-state index is -0.817. The molecule has 6 nitrogen and oxygen atoms in total. The van der Waals surface area contributed by atoms with Crippen LogP contribution in [0.1, 0.15) is 16.7 Å². The Morgan fingerprint density at radius 1 is 0.825 bits per heavy atom. The summed E-state index contributed by atoms with van der Waals surface area (Å²) in [5.74, 6) is 0.644. The molecule has 0 aromatic heterocycles. The van der Waals surface area contributed by atoms with Crippen molar-refractivity contribution in [1.82, 2.24) is 10.2 Å². The number of amides is 2. The van der Waals surface area contributed by atoms with Crippen molar-refractivity contribution in [2.75, 3.05) is 13.7 Å². The molecule has 0 aliphatic carbocycles. The van der Waals surface area contributed by atoms with Gasteiger partial charge in [-0.05, 0) is 53.1 Å². The van der Waals surface area contributed by atoms with E-state index >= 15 is 0 Å². The Labute approximate surface area is 244 Å². The van der Waals surface area contributed by atoms with Crippen LogP contribution in [0.5, 0.6) is 11.5 Å². The first kappa shape index (κ1) is 29.0. The molecular formula is C32H30Cl2N2O4. The average molecular weight is 578 g/mol. The van der Waals surface area contributed by atoms with Crippen LogP contribution in [0, 0.1) is 0 Å². The normalized spacial score (nSPS) is 11.4. The van der Waals surface area contributed by atoms with Crippen LogP contribution in [0.2, 0.25) is 10.0 Å². The summed E-state index contributed by atoms with van der Waals surface area (Å²) in [7, 11) is 1.60. The number of benzene rings is 4. The number of carbonyl (C=O) groups is 2. The Morgan fingerprint density at radius 3 is 2.15 bits per heavy atom. The molecular weight excluding hydrogens is 547 g/mol. The quantitative estimate of drug-likeness (QED) is 0.214. The highest BCUT2D eigenvalue weighted by molar-refractivity contribution is 6.35. The van der Waals surface area contributed by atoms with Crippen LogP contribution in [-0.4, -0.2) is 36.5 Å². The molecule has 8 heteroatoms. The first-order chi connectivity index (χ1) is 19.4. The largest absolute Gasteiger partial charge is 0.497 e. The van der Waals surface area contributed by atoms with E-state index in [1.54, 1.807) is 42.3 Å². The van der Waals surface area contributed by atoms with Gasteiger partial charge in [0, 0.05) is 29.6 Å². The van der Waals surface area contributed by atoms with E-state index < -0.39 is 6.04 Å². The van der Waals surface area contributed by atoms with Gasteiger partial charge in [0.2, 0.25) is 5.91 Å². The second kappa shape index (κ2) is 14.4. The number of halogens is 2. The summed E-state index contributed by atoms with van der Waals surface area (Å²) < 4.78 is 11.1. The lowest BCUT2D eigenvalue weighted by atomic mass is 10.0. The molecule has 4 aromatic carbocycles. The molecule has 0 heterocycles. The minimum Gasteiger partial charge on any atom is -0.497 e. The summed E-state index contributed by atoms with van der Waals surface area (Å²) >= 11 is 12.4. The minimum absolute atomic E-state index is 0.186. The van der Waals surface area contributed by atoms with E-state index in [9.17, 15) is 9.59 Å². The van der Waals surface area contributed by atoms with Gasteiger partial charge < -0.3 is 19.7 Å². The summed E-state index contributed by atoms with van der Waals surface area (Å²) in [6.45, 7) is 0.167. The molecule has 2 amide bonds. The summed E-state index contributed by atoms with van der Waals surface area (Å²) in [5, 5.41) is 3.94. The SMILES string of the molecule is COc1ccc(CN(C(=O)COc2ccccc2)[C@H](Cc2ccccc2)C(=O)NCc2ccc(Cl)cc2Cl)cc1. The molecule has 0 bridgehead atoms. The lowest BCUT2D eigenvalue weighted by Gasteiger charge is -2.31. The molecule has 1 N–H and O–H groups in total. The predicted octanol–water partition coefficient (Wildman–Crippen LogP) is 6.34. The van der Waals surface area contributed by atoms with E-state index in [0.29, 0.717) is 28.0 Å². The number of hydrogen-bond acceptors (Lipinski definition) is 4. The van der Waals surface area contributed by atoms with Crippen LogP contribution in [0.4, 0.5) is 0 Å². The number of nitrogens with zero attached hydrogens (tertiary/aromatic N) is 1. The van der Waals surface area contributed by atoms with E-state index in [2.05, 4.69) is 5.32 Å². The fourth-order valence-corrected chi connectivity index (χ4v) is 4.67. The molecule has 0 radical (unpaired) electrons. The molecule has 206 valence electrons. The third-order valence-corrected chi connectivity index (χ3v) is 6.94. The Kier molecular flexibility index (Phi) is 10.4. The number of ether oxygens (including phenoxy) is 2. The zero-order valence-electron chi connectivity index (χ0n) is 22.1. The van der Waals surface area contributed by atoms with Crippen molar-refractivity contribution >= 4 is 35.0 Å². The van der Waals surface area contributed by atoms with Crippen LogP contribution >= 0.6 is 23.2 Å². The first-order valence-corrected chi connectivity index (χ1v) is 13.5. The predicted molar refractivity (Wildman–Crippen MR) is 158 cm³/mol. The average Bonchev–Trinajstić information content (AvgIpc) is 2.98. The smallest absolute Gasteiger partial charge is 0.261 e. The van der Waals surface area contributed by atoms with Crippen LogP contribution in [0.25, 0.3) is 0 Å². The summed E-state index contributed by atoms with van der Waals surface area (Å²) in [6.07, 6.45) is 0.314. The van der Waals surface area contributed by atoms with Crippen LogP contribution in [0.3, 0.4) is 0 Å². The Morgan fingerprint density at radius 2 is 1.50 bits per heavy atom. The number of carbonyl (C=O) groups excluding carboxylic acids is 2. The molecule has 0 fully saturated rings. The van der Waals surface area contributed by atoms with Gasteiger partial charge in [-0.25, -0.2) is 0 Å². The van der Waals surface area contributed by atoms with Gasteiger partial charge in [-0.3, -0.25) is 9.59 Å². The van der Waals surface area contributed by atoms with Crippen molar-refractivity contribution in [3.63, 3.8) is 0 Å². The Bertz CT molecular complexity index is 1400. The number of hydrogen-bond donors (Lipinski definition) is 1. The molecule has 40 heavy (non-hydrogen) atoms. The fourth-order valence-electron chi connectivity index (χ4n) is 4.19. The fraction of sp³-hybridized carbons (Fsp3) is 0.188. The number of rotatable bonds is 12. The van der Waals surface area contributed by atoms with Gasteiger partial charge in [0.15, 0.2) is 6.61 Å². The van der Waals surface area contributed by atoms with E-state index in [-0.39, 0.29) is 31.5 Å². The standard InChI is InChI=1S/C32H30Cl2N2O4/c1-39-27-16-12-24(13-17-27)21-36(31(37)22-40-28-10-6-3-7-11-28)30(18-23-8-4-2-5-9-23)32(38)35-20-25-14-15-26(33)19-29(25)34/h2-17,19,30H,18,20-22H2,1H3,(H,35,38)/t30-/m1/s1. The maximum Gasteiger partial charge on any atom is 0.261 e. The molecule has 0 aliphatic rings. The topological polar surface area (TPSA) is 67.9 Å². The summed E-state index contributed by atoms with van der Waals surface area (Å²) in [5.41, 5.74) is 2.49. The van der Waals surface area contributed by atoms with Crippen LogP contribution < -0.4 is 14.8 Å². The van der Waals surface area contributed by atoms with Crippen molar-refractivity contribution in [3.05, 3.63) is 130 Å². The van der Waals surface area contributed by atoms with Gasteiger partial charge in [-0.2, -0.15) is 0 Å². The molecule has 0 saturated heterocycles. The van der Waals surface area contributed by atoms with E-state index in [1.807, 2.05) is 72.8 Å². The van der Waals surface area contributed by atoms with Gasteiger partial charge >= 0.3 is 0 Å². The molecule has 0 spiro atoms. The van der Waals surface area contributed by atoms with Crippen molar-refractivity contribution in [2.45, 2.75) is 25.6 Å². The second-order valence-corrected chi connectivity index (χ2v) is 9.97. The monoisotopic (exact) mass is 576 g/mol. The third-order valence-electron chi connectivity index (χ3n) is 6.36.